The Morgan fingerprint density at radius 1 is 1.09 bits per heavy atom. The van der Waals surface area contributed by atoms with Crippen LogP contribution in [0.25, 0.3) is 22.0 Å². The molecule has 32 heavy (non-hydrogen) atoms. The lowest BCUT2D eigenvalue weighted by molar-refractivity contribution is -0.384. The summed E-state index contributed by atoms with van der Waals surface area (Å²) >= 11 is 0. The third-order valence-electron chi connectivity index (χ3n) is 4.89. The number of methoxy groups -OCH3 is 1. The molecule has 0 fully saturated rings. The largest absolute Gasteiger partial charge is 0.495 e. The second kappa shape index (κ2) is 8.68. The summed E-state index contributed by atoms with van der Waals surface area (Å²) in [5, 5.41) is 20.0. The molecule has 0 unspecified atom stereocenters. The van der Waals surface area contributed by atoms with Crippen LogP contribution in [0.4, 0.5) is 11.4 Å². The van der Waals surface area contributed by atoms with E-state index in [1.807, 2.05) is 42.5 Å². The van der Waals surface area contributed by atoms with Crippen molar-refractivity contribution < 1.29 is 14.5 Å². The Hall–Kier alpha value is -4.53. The molecule has 4 aromatic rings. The Balaban J connectivity index is 1.63. The molecule has 1 amide bonds. The minimum absolute atomic E-state index is 0.130. The van der Waals surface area contributed by atoms with Crippen LogP contribution >= 0.6 is 0 Å². The summed E-state index contributed by atoms with van der Waals surface area (Å²) in [6.45, 7) is -0.372. The number of benzene rings is 3. The molecule has 1 N–H and O–H groups in total. The van der Waals surface area contributed by atoms with Crippen molar-refractivity contribution in [3.63, 3.8) is 0 Å². The third-order valence-corrected chi connectivity index (χ3v) is 4.89. The maximum absolute atomic E-state index is 12.6. The first-order valence-electron chi connectivity index (χ1n) is 9.65. The highest BCUT2D eigenvalue weighted by molar-refractivity contribution is 5.96. The summed E-state index contributed by atoms with van der Waals surface area (Å²) in [5.41, 5.74) is 0.856. The highest BCUT2D eigenvalue weighted by atomic mass is 16.6. The molecule has 9 heteroatoms. The zero-order valence-electron chi connectivity index (χ0n) is 17.0. The number of hydrogen-bond donors (Lipinski definition) is 1. The highest BCUT2D eigenvalue weighted by Crippen LogP contribution is 2.29. The quantitative estimate of drug-likeness (QED) is 0.369. The Morgan fingerprint density at radius 3 is 2.66 bits per heavy atom. The number of nitrogens with zero attached hydrogens (tertiary/aromatic N) is 3. The van der Waals surface area contributed by atoms with Crippen LogP contribution in [0, 0.1) is 10.1 Å². The van der Waals surface area contributed by atoms with Gasteiger partial charge in [0, 0.05) is 23.8 Å². The fraction of sp³-hybridized carbons (Fsp3) is 0.0870. The van der Waals surface area contributed by atoms with E-state index in [-0.39, 0.29) is 23.7 Å². The number of fused-ring (bicyclic) bond motifs is 1. The van der Waals surface area contributed by atoms with Crippen molar-refractivity contribution in [2.24, 2.45) is 0 Å². The van der Waals surface area contributed by atoms with Crippen LogP contribution in [-0.2, 0) is 11.3 Å². The number of carbonyl (C=O) groups is 1. The first-order valence-corrected chi connectivity index (χ1v) is 9.65. The van der Waals surface area contributed by atoms with Gasteiger partial charge in [-0.2, -0.15) is 5.10 Å². The van der Waals surface area contributed by atoms with Crippen molar-refractivity contribution in [3.05, 3.63) is 93.3 Å². The maximum Gasteiger partial charge on any atom is 0.271 e. The number of anilines is 1. The standard InChI is InChI=1S/C23H18N4O5/c1-32-21-11-9-16(27(30)31)13-20(21)24-22(28)14-26-23(29)12-10-19(25-26)18-8-4-6-15-5-2-3-7-17(15)18/h2-13H,14H2,1H3,(H,24,28). The number of nitrogens with one attached hydrogen (secondary N) is 1. The Labute approximate surface area is 182 Å². The zero-order valence-corrected chi connectivity index (χ0v) is 17.0. The molecule has 0 bridgehead atoms. The van der Waals surface area contributed by atoms with Crippen molar-refractivity contribution in [2.75, 3.05) is 12.4 Å². The Bertz CT molecular complexity index is 1390. The van der Waals surface area contributed by atoms with Crippen molar-refractivity contribution in [1.29, 1.82) is 0 Å². The summed E-state index contributed by atoms with van der Waals surface area (Å²) in [4.78, 5) is 35.4. The monoisotopic (exact) mass is 430 g/mol. The first kappa shape index (κ1) is 20.7. The molecule has 0 aliphatic rings. The number of carbonyl (C=O) groups excluding carboxylic acids is 1. The molecule has 9 nitrogen and oxygen atoms in total. The molecular weight excluding hydrogens is 412 g/mol. The van der Waals surface area contributed by atoms with Gasteiger partial charge >= 0.3 is 0 Å². The fourth-order valence-electron chi connectivity index (χ4n) is 3.39. The molecule has 4 rings (SSSR count). The van der Waals surface area contributed by atoms with Gasteiger partial charge in [-0.1, -0.05) is 42.5 Å². The minimum atomic E-state index is -0.575. The lowest BCUT2D eigenvalue weighted by Gasteiger charge is -2.11. The van der Waals surface area contributed by atoms with E-state index >= 15 is 0 Å². The average molecular weight is 430 g/mol. The Kier molecular flexibility index (Phi) is 5.63. The lowest BCUT2D eigenvalue weighted by atomic mass is 10.0. The number of non-ortho nitro benzene ring substituents is 1. The number of ether oxygens (including phenoxy) is 1. The fourth-order valence-corrected chi connectivity index (χ4v) is 3.39. The molecular formula is C23H18N4O5. The molecule has 0 atom stereocenters. The van der Waals surface area contributed by atoms with Crippen LogP contribution in [0.3, 0.4) is 0 Å². The number of rotatable bonds is 6. The molecule has 1 aromatic heterocycles. The summed E-state index contributed by atoms with van der Waals surface area (Å²) < 4.78 is 6.20. The number of nitro groups is 1. The summed E-state index contributed by atoms with van der Waals surface area (Å²) in [6, 6.07) is 20.4. The normalized spacial score (nSPS) is 10.7. The second-order valence-corrected chi connectivity index (χ2v) is 6.93. The van der Waals surface area contributed by atoms with Gasteiger partial charge in [-0.3, -0.25) is 19.7 Å². The summed E-state index contributed by atoms with van der Waals surface area (Å²) in [6.07, 6.45) is 0. The van der Waals surface area contributed by atoms with Gasteiger partial charge in [-0.25, -0.2) is 4.68 Å². The summed E-state index contributed by atoms with van der Waals surface area (Å²) in [5.74, 6) is -0.317. The van der Waals surface area contributed by atoms with E-state index in [0.29, 0.717) is 5.69 Å². The second-order valence-electron chi connectivity index (χ2n) is 6.93. The van der Waals surface area contributed by atoms with E-state index in [4.69, 9.17) is 4.74 Å². The molecule has 0 aliphatic heterocycles. The predicted molar refractivity (Wildman–Crippen MR) is 120 cm³/mol. The molecule has 1 heterocycles. The minimum Gasteiger partial charge on any atom is -0.495 e. The van der Waals surface area contributed by atoms with Crippen LogP contribution < -0.4 is 15.6 Å². The van der Waals surface area contributed by atoms with Gasteiger partial charge in [0.15, 0.2) is 0 Å². The number of nitro benzene ring substituents is 1. The Morgan fingerprint density at radius 2 is 1.88 bits per heavy atom. The predicted octanol–water partition coefficient (Wildman–Crippen LogP) is 3.62. The lowest BCUT2D eigenvalue weighted by Crippen LogP contribution is -2.29. The SMILES string of the molecule is COc1ccc([N+](=O)[O-])cc1NC(=O)Cn1nc(-c2cccc3ccccc23)ccc1=O. The smallest absolute Gasteiger partial charge is 0.271 e. The molecule has 3 aromatic carbocycles. The van der Waals surface area contributed by atoms with Gasteiger partial charge in [0.25, 0.3) is 11.2 Å². The first-order chi connectivity index (χ1) is 15.5. The van der Waals surface area contributed by atoms with Crippen molar-refractivity contribution in [3.8, 4) is 17.0 Å². The molecule has 0 aliphatic carbocycles. The molecule has 0 radical (unpaired) electrons. The molecule has 160 valence electrons. The molecule has 0 saturated carbocycles. The van der Waals surface area contributed by atoms with Crippen LogP contribution in [0.2, 0.25) is 0 Å². The van der Waals surface area contributed by atoms with Crippen molar-refractivity contribution >= 4 is 28.1 Å². The van der Waals surface area contributed by atoms with Crippen molar-refractivity contribution in [1.82, 2.24) is 9.78 Å². The van der Waals surface area contributed by atoms with E-state index in [2.05, 4.69) is 10.4 Å². The zero-order chi connectivity index (χ0) is 22.7. The molecule has 0 saturated heterocycles. The van der Waals surface area contributed by atoms with Crippen molar-refractivity contribution in [2.45, 2.75) is 6.54 Å². The van der Waals surface area contributed by atoms with Gasteiger partial charge < -0.3 is 10.1 Å². The van der Waals surface area contributed by atoms with Crippen LogP contribution in [0.5, 0.6) is 5.75 Å². The maximum atomic E-state index is 12.6. The van der Waals surface area contributed by atoms with E-state index in [1.54, 1.807) is 6.07 Å². The van der Waals surface area contributed by atoms with E-state index in [1.165, 1.54) is 31.4 Å². The van der Waals surface area contributed by atoms with Gasteiger partial charge in [-0.15, -0.1) is 0 Å². The van der Waals surface area contributed by atoms with Crippen LogP contribution in [0.15, 0.2) is 77.6 Å². The van der Waals surface area contributed by atoms with Gasteiger partial charge in [0.1, 0.15) is 12.3 Å². The average Bonchev–Trinajstić information content (AvgIpc) is 2.80. The number of aromatic nitrogens is 2. The third kappa shape index (κ3) is 4.17. The number of hydrogen-bond acceptors (Lipinski definition) is 6. The number of amides is 1. The van der Waals surface area contributed by atoms with E-state index < -0.39 is 16.4 Å². The van der Waals surface area contributed by atoms with Gasteiger partial charge in [0.2, 0.25) is 5.91 Å². The van der Waals surface area contributed by atoms with Gasteiger partial charge in [0.05, 0.1) is 23.4 Å². The summed E-state index contributed by atoms with van der Waals surface area (Å²) in [7, 11) is 1.39. The highest BCUT2D eigenvalue weighted by Gasteiger charge is 2.15. The van der Waals surface area contributed by atoms with E-state index in [0.717, 1.165) is 21.0 Å². The molecule has 0 spiro atoms. The van der Waals surface area contributed by atoms with Crippen LogP contribution in [-0.4, -0.2) is 27.7 Å². The van der Waals surface area contributed by atoms with Gasteiger partial charge in [-0.05, 0) is 22.9 Å². The topological polar surface area (TPSA) is 116 Å². The van der Waals surface area contributed by atoms with Crippen LogP contribution in [0.1, 0.15) is 0 Å². The van der Waals surface area contributed by atoms with E-state index in [9.17, 15) is 19.7 Å².